The summed E-state index contributed by atoms with van der Waals surface area (Å²) in [6.07, 6.45) is -0.992. The van der Waals surface area contributed by atoms with Crippen LogP contribution in [0.15, 0.2) is 24.5 Å². The van der Waals surface area contributed by atoms with Crippen LogP contribution in [-0.2, 0) is 10.9 Å². The predicted octanol–water partition coefficient (Wildman–Crippen LogP) is 2.27. The normalized spacial score (nSPS) is 19.2. The van der Waals surface area contributed by atoms with Gasteiger partial charge < -0.3 is 19.7 Å². The Morgan fingerprint density at radius 2 is 2.12 bits per heavy atom. The van der Waals surface area contributed by atoms with E-state index in [4.69, 9.17) is 14.7 Å². The summed E-state index contributed by atoms with van der Waals surface area (Å²) in [7, 11) is 0. The van der Waals surface area contributed by atoms with Gasteiger partial charge >= 0.3 is 6.18 Å². The van der Waals surface area contributed by atoms with Crippen LogP contribution in [0, 0.1) is 11.3 Å². The summed E-state index contributed by atoms with van der Waals surface area (Å²) in [5, 5.41) is 20.6. The van der Waals surface area contributed by atoms with Gasteiger partial charge in [0.25, 0.3) is 0 Å². The van der Waals surface area contributed by atoms with Gasteiger partial charge in [-0.05, 0) is 18.9 Å². The van der Waals surface area contributed by atoms with Crippen LogP contribution in [0.1, 0.15) is 24.0 Å². The first-order chi connectivity index (χ1) is 15.9. The predicted molar refractivity (Wildman–Crippen MR) is 109 cm³/mol. The molecular formula is C20H19F3N8O2. The van der Waals surface area contributed by atoms with Crippen LogP contribution in [0.2, 0.25) is 0 Å². The second-order valence-electron chi connectivity index (χ2n) is 7.87. The van der Waals surface area contributed by atoms with E-state index in [-0.39, 0.29) is 25.2 Å². The molecule has 172 valence electrons. The van der Waals surface area contributed by atoms with E-state index >= 15 is 0 Å². The molecule has 2 saturated heterocycles. The van der Waals surface area contributed by atoms with Crippen molar-refractivity contribution in [2.24, 2.45) is 0 Å². The molecule has 5 heterocycles. The van der Waals surface area contributed by atoms with Crippen LogP contribution in [0.5, 0.6) is 5.88 Å². The lowest BCUT2D eigenvalue weighted by Gasteiger charge is -2.33. The number of rotatable bonds is 5. The number of alkyl halides is 3. The molecule has 0 amide bonds. The fourth-order valence-corrected chi connectivity index (χ4v) is 3.78. The van der Waals surface area contributed by atoms with Gasteiger partial charge in [-0.3, -0.25) is 4.40 Å². The van der Waals surface area contributed by atoms with Crippen molar-refractivity contribution < 1.29 is 22.6 Å². The van der Waals surface area contributed by atoms with Gasteiger partial charge in [0.15, 0.2) is 5.65 Å². The van der Waals surface area contributed by atoms with Crippen LogP contribution in [-0.4, -0.2) is 63.0 Å². The molecule has 0 bridgehead atoms. The van der Waals surface area contributed by atoms with Gasteiger partial charge in [-0.2, -0.15) is 23.4 Å². The monoisotopic (exact) mass is 460 g/mol. The summed E-state index contributed by atoms with van der Waals surface area (Å²) in [5.41, 5.74) is 0.0365. The molecule has 0 aliphatic carbocycles. The summed E-state index contributed by atoms with van der Waals surface area (Å²) in [4.78, 5) is 9.91. The number of halogens is 3. The quantitative estimate of drug-likeness (QED) is 0.612. The van der Waals surface area contributed by atoms with E-state index in [0.29, 0.717) is 23.7 Å². The number of pyridine rings is 1. The van der Waals surface area contributed by atoms with E-state index in [0.717, 1.165) is 25.6 Å². The zero-order chi connectivity index (χ0) is 23.0. The van der Waals surface area contributed by atoms with Crippen molar-refractivity contribution in [1.29, 1.82) is 5.26 Å². The van der Waals surface area contributed by atoms with Crippen molar-refractivity contribution in [2.45, 2.75) is 31.2 Å². The Bertz CT molecular complexity index is 1200. The third-order valence-corrected chi connectivity index (χ3v) is 5.50. The van der Waals surface area contributed by atoms with Gasteiger partial charge in [0, 0.05) is 37.6 Å². The lowest BCUT2D eigenvalue weighted by Crippen LogP contribution is -2.43. The largest absolute Gasteiger partial charge is 0.469 e. The van der Waals surface area contributed by atoms with Gasteiger partial charge in [-0.25, -0.2) is 4.98 Å². The number of hydrogen-bond acceptors (Lipinski definition) is 9. The number of nitrogens with zero attached hydrogens (tertiary/aromatic N) is 7. The Labute approximate surface area is 186 Å². The van der Waals surface area contributed by atoms with E-state index < -0.39 is 23.7 Å². The third kappa shape index (κ3) is 4.34. The average molecular weight is 460 g/mol. The van der Waals surface area contributed by atoms with Crippen LogP contribution in [0.3, 0.4) is 0 Å². The summed E-state index contributed by atoms with van der Waals surface area (Å²) in [6.45, 7) is 1.72. The Balaban J connectivity index is 1.33. The van der Waals surface area contributed by atoms with Crippen molar-refractivity contribution in [3.63, 3.8) is 0 Å². The maximum absolute atomic E-state index is 13.3. The fourth-order valence-electron chi connectivity index (χ4n) is 3.78. The smallest absolute Gasteiger partial charge is 0.423 e. The molecule has 2 aliphatic heterocycles. The molecule has 13 heteroatoms. The summed E-state index contributed by atoms with van der Waals surface area (Å²) >= 11 is 0. The highest BCUT2D eigenvalue weighted by molar-refractivity contribution is 5.51. The minimum Gasteiger partial charge on any atom is -0.469 e. The average Bonchev–Trinajstić information content (AvgIpc) is 3.19. The van der Waals surface area contributed by atoms with E-state index in [9.17, 15) is 13.2 Å². The minimum atomic E-state index is -4.62. The van der Waals surface area contributed by atoms with Crippen molar-refractivity contribution in [3.05, 3.63) is 35.7 Å². The molecule has 3 aromatic heterocycles. The SMILES string of the molecule is N#Cc1ccn2c(N3CCC[C@@H](Nc4ncc(C(F)(F)F)c(OC5COC5)n4)C3)nnc2c1. The maximum atomic E-state index is 13.3. The molecule has 0 spiro atoms. The van der Waals surface area contributed by atoms with Crippen LogP contribution in [0.25, 0.3) is 5.65 Å². The first-order valence-electron chi connectivity index (χ1n) is 10.4. The van der Waals surface area contributed by atoms with E-state index in [1.54, 1.807) is 22.7 Å². The Hall–Kier alpha value is -3.66. The number of nitriles is 1. The maximum Gasteiger partial charge on any atom is 0.423 e. The van der Waals surface area contributed by atoms with Crippen LogP contribution < -0.4 is 15.0 Å². The molecule has 10 nitrogen and oxygen atoms in total. The third-order valence-electron chi connectivity index (χ3n) is 5.50. The van der Waals surface area contributed by atoms with Gasteiger partial charge in [0.2, 0.25) is 17.8 Å². The van der Waals surface area contributed by atoms with Gasteiger partial charge in [0.05, 0.1) is 24.8 Å². The number of anilines is 2. The molecule has 0 radical (unpaired) electrons. The van der Waals surface area contributed by atoms with Gasteiger partial charge in [-0.1, -0.05) is 0 Å². The molecule has 3 aromatic rings. The fraction of sp³-hybridized carbons (Fsp3) is 0.450. The molecule has 2 aliphatic rings. The Morgan fingerprint density at radius 1 is 1.27 bits per heavy atom. The second kappa shape index (κ2) is 8.36. The standard InChI is InChI=1S/C20H19F3N8O2/c21-20(22,23)15-8-25-18(27-17(15)33-14-10-32-11-14)26-13-2-1-4-30(9-13)19-29-28-16-6-12(7-24)3-5-31(16)19/h3,5-6,8,13-14H,1-2,4,9-11H2,(H,25,26,27)/t13-/m1/s1. The van der Waals surface area contributed by atoms with Crippen molar-refractivity contribution >= 4 is 17.5 Å². The molecule has 5 rings (SSSR count). The lowest BCUT2D eigenvalue weighted by atomic mass is 10.1. The number of nitrogens with one attached hydrogen (secondary N) is 1. The van der Waals surface area contributed by atoms with Crippen molar-refractivity contribution in [3.8, 4) is 11.9 Å². The number of piperidine rings is 1. The van der Waals surface area contributed by atoms with Crippen molar-refractivity contribution in [2.75, 3.05) is 36.5 Å². The van der Waals surface area contributed by atoms with Gasteiger partial charge in [-0.15, -0.1) is 10.2 Å². The summed E-state index contributed by atoms with van der Waals surface area (Å²) in [6, 6.07) is 5.29. The van der Waals surface area contributed by atoms with Crippen molar-refractivity contribution in [1.82, 2.24) is 24.6 Å². The summed E-state index contributed by atoms with van der Waals surface area (Å²) < 4.78 is 52.2. The first-order valence-corrected chi connectivity index (χ1v) is 10.4. The lowest BCUT2D eigenvalue weighted by molar-refractivity contribution is -0.142. The molecule has 1 atom stereocenters. The topological polar surface area (TPSA) is 113 Å². The highest BCUT2D eigenvalue weighted by atomic mass is 19.4. The zero-order valence-electron chi connectivity index (χ0n) is 17.3. The molecular weight excluding hydrogens is 441 g/mol. The molecule has 0 saturated carbocycles. The number of hydrogen-bond donors (Lipinski definition) is 1. The zero-order valence-corrected chi connectivity index (χ0v) is 17.3. The molecule has 1 N–H and O–H groups in total. The minimum absolute atomic E-state index is 0.0647. The first kappa shape index (κ1) is 21.2. The Kier molecular flexibility index (Phi) is 5.37. The Morgan fingerprint density at radius 3 is 2.85 bits per heavy atom. The number of ether oxygens (including phenoxy) is 2. The summed E-state index contributed by atoms with van der Waals surface area (Å²) in [5.74, 6) is 0.191. The highest BCUT2D eigenvalue weighted by Gasteiger charge is 2.38. The molecule has 0 aromatic carbocycles. The number of aromatic nitrogens is 5. The van der Waals surface area contributed by atoms with Crippen LogP contribution >= 0.6 is 0 Å². The van der Waals surface area contributed by atoms with Crippen LogP contribution in [0.4, 0.5) is 25.1 Å². The molecule has 2 fully saturated rings. The number of fused-ring (bicyclic) bond motifs is 1. The highest BCUT2D eigenvalue weighted by Crippen LogP contribution is 2.36. The van der Waals surface area contributed by atoms with E-state index in [1.807, 2.05) is 4.90 Å². The second-order valence-corrected chi connectivity index (χ2v) is 7.87. The van der Waals surface area contributed by atoms with Gasteiger partial charge in [0.1, 0.15) is 11.7 Å². The van der Waals surface area contributed by atoms with E-state index in [1.165, 1.54) is 0 Å². The van der Waals surface area contributed by atoms with E-state index in [2.05, 4.69) is 31.6 Å². The molecule has 0 unspecified atom stereocenters. The molecule has 33 heavy (non-hydrogen) atoms.